The third kappa shape index (κ3) is 3.11. The third-order valence-corrected chi connectivity index (χ3v) is 4.64. The molecule has 2 saturated heterocycles. The van der Waals surface area contributed by atoms with Crippen LogP contribution in [0.3, 0.4) is 0 Å². The maximum Gasteiger partial charge on any atom is 0.223 e. The predicted molar refractivity (Wildman–Crippen MR) is 90.7 cm³/mol. The van der Waals surface area contributed by atoms with Crippen LogP contribution in [-0.4, -0.2) is 35.6 Å². The van der Waals surface area contributed by atoms with E-state index in [1.165, 1.54) is 12.8 Å². The van der Waals surface area contributed by atoms with Gasteiger partial charge >= 0.3 is 0 Å². The molecule has 2 fully saturated rings. The van der Waals surface area contributed by atoms with E-state index in [-0.39, 0.29) is 11.4 Å². The number of fused-ring (bicyclic) bond motifs is 1. The van der Waals surface area contributed by atoms with Crippen molar-refractivity contribution in [3.8, 4) is 0 Å². The Balaban J connectivity index is 1.92. The van der Waals surface area contributed by atoms with E-state index in [0.29, 0.717) is 17.8 Å². The van der Waals surface area contributed by atoms with Gasteiger partial charge < -0.3 is 21.7 Å². The highest BCUT2D eigenvalue weighted by Crippen LogP contribution is 2.35. The second-order valence-electron chi connectivity index (χ2n) is 7.87. The van der Waals surface area contributed by atoms with Crippen LogP contribution in [0.2, 0.25) is 0 Å². The van der Waals surface area contributed by atoms with Crippen LogP contribution in [0.1, 0.15) is 39.2 Å². The minimum atomic E-state index is 0.132. The van der Waals surface area contributed by atoms with Crippen molar-refractivity contribution in [1.29, 1.82) is 0 Å². The maximum atomic E-state index is 6.17. The van der Waals surface area contributed by atoms with Gasteiger partial charge in [0.1, 0.15) is 11.6 Å². The molecule has 3 rings (SSSR count). The van der Waals surface area contributed by atoms with Crippen molar-refractivity contribution in [2.45, 2.75) is 46.1 Å². The van der Waals surface area contributed by atoms with Crippen LogP contribution >= 0.6 is 0 Å². The van der Waals surface area contributed by atoms with Crippen LogP contribution < -0.4 is 21.7 Å². The minimum absolute atomic E-state index is 0.132. The molecule has 0 amide bonds. The lowest BCUT2D eigenvalue weighted by Gasteiger charge is -2.26. The van der Waals surface area contributed by atoms with E-state index in [4.69, 9.17) is 11.5 Å². The second-order valence-corrected chi connectivity index (χ2v) is 7.87. The van der Waals surface area contributed by atoms with Crippen LogP contribution in [0.5, 0.6) is 0 Å². The molecular formula is C16H28N6. The smallest absolute Gasteiger partial charge is 0.223 e. The molecule has 0 unspecified atom stereocenters. The molecule has 2 aliphatic rings. The topological polar surface area (TPSA) is 93.1 Å². The Bertz CT molecular complexity index is 536. The van der Waals surface area contributed by atoms with Crippen molar-refractivity contribution in [2.24, 2.45) is 11.3 Å². The van der Waals surface area contributed by atoms with Crippen molar-refractivity contribution in [2.75, 3.05) is 36.0 Å². The molecule has 6 heteroatoms. The number of piperidine rings is 1. The monoisotopic (exact) mass is 304 g/mol. The van der Waals surface area contributed by atoms with E-state index in [2.05, 4.69) is 41.0 Å². The molecule has 2 atom stereocenters. The zero-order chi connectivity index (χ0) is 15.9. The van der Waals surface area contributed by atoms with Crippen molar-refractivity contribution >= 4 is 17.6 Å². The lowest BCUT2D eigenvalue weighted by molar-refractivity contribution is 0.340. The van der Waals surface area contributed by atoms with Crippen LogP contribution in [0.25, 0.3) is 0 Å². The number of hydrogen-bond acceptors (Lipinski definition) is 6. The number of rotatable bonds is 2. The van der Waals surface area contributed by atoms with E-state index >= 15 is 0 Å². The van der Waals surface area contributed by atoms with Crippen molar-refractivity contribution in [3.05, 3.63) is 5.56 Å². The summed E-state index contributed by atoms with van der Waals surface area (Å²) in [5.74, 6) is 2.44. The summed E-state index contributed by atoms with van der Waals surface area (Å²) in [5.41, 5.74) is 13.2. The number of nitrogens with one attached hydrogen (secondary N) is 1. The molecule has 1 aromatic rings. The molecular weight excluding hydrogens is 276 g/mol. The largest absolute Gasteiger partial charge is 0.383 e. The van der Waals surface area contributed by atoms with Gasteiger partial charge in [-0.15, -0.1) is 0 Å². The summed E-state index contributed by atoms with van der Waals surface area (Å²) in [7, 11) is 0. The Morgan fingerprint density at radius 2 is 2.00 bits per heavy atom. The van der Waals surface area contributed by atoms with Crippen LogP contribution in [0, 0.1) is 11.3 Å². The van der Waals surface area contributed by atoms with Crippen molar-refractivity contribution in [1.82, 2.24) is 15.3 Å². The Hall–Kier alpha value is -1.56. The SMILES string of the molecule is CC(C)(C)Cc1c(N)nc(N)nc1N1C[C@H]2CCCN[C@H]2C1. The van der Waals surface area contributed by atoms with E-state index < -0.39 is 0 Å². The van der Waals surface area contributed by atoms with Crippen LogP contribution in [0.4, 0.5) is 17.6 Å². The van der Waals surface area contributed by atoms with Gasteiger partial charge in [-0.3, -0.25) is 0 Å². The summed E-state index contributed by atoms with van der Waals surface area (Å²) in [4.78, 5) is 11.1. The lowest BCUT2D eigenvalue weighted by atomic mass is 9.88. The molecule has 0 saturated carbocycles. The zero-order valence-electron chi connectivity index (χ0n) is 13.9. The van der Waals surface area contributed by atoms with Gasteiger partial charge in [-0.1, -0.05) is 20.8 Å². The predicted octanol–water partition coefficient (Wildman–Crippen LogP) is 1.42. The van der Waals surface area contributed by atoms with Crippen molar-refractivity contribution in [3.63, 3.8) is 0 Å². The van der Waals surface area contributed by atoms with Crippen LogP contribution in [0.15, 0.2) is 0 Å². The summed E-state index contributed by atoms with van der Waals surface area (Å²) in [6.07, 6.45) is 3.41. The Morgan fingerprint density at radius 3 is 2.68 bits per heavy atom. The average Bonchev–Trinajstić information content (AvgIpc) is 2.84. The summed E-state index contributed by atoms with van der Waals surface area (Å²) in [6, 6.07) is 0.564. The molecule has 6 nitrogen and oxygen atoms in total. The number of anilines is 3. The molecule has 122 valence electrons. The quantitative estimate of drug-likeness (QED) is 0.765. The molecule has 22 heavy (non-hydrogen) atoms. The highest BCUT2D eigenvalue weighted by atomic mass is 15.3. The van der Waals surface area contributed by atoms with Gasteiger partial charge in [0, 0.05) is 24.7 Å². The highest BCUT2D eigenvalue weighted by Gasteiger charge is 2.36. The molecule has 5 N–H and O–H groups in total. The number of nitrogen functional groups attached to an aromatic ring is 2. The minimum Gasteiger partial charge on any atom is -0.383 e. The van der Waals surface area contributed by atoms with Gasteiger partial charge in [0.15, 0.2) is 0 Å². The summed E-state index contributed by atoms with van der Waals surface area (Å²) >= 11 is 0. The zero-order valence-corrected chi connectivity index (χ0v) is 13.9. The fourth-order valence-corrected chi connectivity index (χ4v) is 3.69. The van der Waals surface area contributed by atoms with Crippen molar-refractivity contribution < 1.29 is 0 Å². The maximum absolute atomic E-state index is 6.17. The average molecular weight is 304 g/mol. The van der Waals surface area contributed by atoms with E-state index in [1.807, 2.05) is 0 Å². The number of nitrogens with zero attached hydrogens (tertiary/aromatic N) is 3. The van der Waals surface area contributed by atoms with Gasteiger partial charge in [-0.05, 0) is 37.1 Å². The van der Waals surface area contributed by atoms with Gasteiger partial charge in [0.2, 0.25) is 5.95 Å². The first-order valence-electron chi connectivity index (χ1n) is 8.24. The molecule has 0 bridgehead atoms. The van der Waals surface area contributed by atoms with Gasteiger partial charge in [0.05, 0.1) is 0 Å². The van der Waals surface area contributed by atoms with Gasteiger partial charge in [-0.25, -0.2) is 0 Å². The fourth-order valence-electron chi connectivity index (χ4n) is 3.69. The lowest BCUT2D eigenvalue weighted by Crippen LogP contribution is -2.40. The van der Waals surface area contributed by atoms with Gasteiger partial charge in [0.25, 0.3) is 0 Å². The normalized spacial score (nSPS) is 25.3. The first kappa shape index (κ1) is 15.3. The summed E-state index contributed by atoms with van der Waals surface area (Å²) in [5, 5.41) is 3.63. The Labute approximate surface area is 132 Å². The molecule has 3 heterocycles. The second kappa shape index (κ2) is 5.57. The first-order chi connectivity index (χ1) is 10.3. The number of nitrogens with two attached hydrogens (primary N) is 2. The first-order valence-corrected chi connectivity index (χ1v) is 8.24. The molecule has 0 spiro atoms. The van der Waals surface area contributed by atoms with Crippen LogP contribution in [-0.2, 0) is 6.42 Å². The summed E-state index contributed by atoms with van der Waals surface area (Å²) in [6.45, 7) is 9.76. The standard InChI is InChI=1S/C16H28N6/c1-16(2,3)7-11-13(17)20-15(18)21-14(11)22-8-10-5-4-6-19-12(10)9-22/h10,12,19H,4-9H2,1-3H3,(H4,17,18,20,21)/t10-,12+/m1/s1. The molecule has 1 aromatic heterocycles. The third-order valence-electron chi connectivity index (χ3n) is 4.64. The highest BCUT2D eigenvalue weighted by molar-refractivity contribution is 5.60. The number of hydrogen-bond donors (Lipinski definition) is 3. The number of aromatic nitrogens is 2. The summed E-state index contributed by atoms with van der Waals surface area (Å²) < 4.78 is 0. The molecule has 2 aliphatic heterocycles. The molecule has 0 aliphatic carbocycles. The van der Waals surface area contributed by atoms with E-state index in [9.17, 15) is 0 Å². The Morgan fingerprint density at radius 1 is 1.23 bits per heavy atom. The van der Waals surface area contributed by atoms with E-state index in [1.54, 1.807) is 0 Å². The van der Waals surface area contributed by atoms with E-state index in [0.717, 1.165) is 37.4 Å². The Kier molecular flexibility index (Phi) is 3.89. The van der Waals surface area contributed by atoms with Gasteiger partial charge in [-0.2, -0.15) is 9.97 Å². The molecule has 0 aromatic carbocycles. The fraction of sp³-hybridized carbons (Fsp3) is 0.750. The molecule has 0 radical (unpaired) electrons.